The average Bonchev–Trinajstić information content (AvgIpc) is 2.60. The topological polar surface area (TPSA) is 79.8 Å². The van der Waals surface area contributed by atoms with E-state index in [2.05, 4.69) is 15.8 Å². The summed E-state index contributed by atoms with van der Waals surface area (Å²) in [7, 11) is 1.59. The van der Waals surface area contributed by atoms with E-state index >= 15 is 0 Å². The molecule has 2 amide bonds. The van der Waals surface area contributed by atoms with Crippen LogP contribution in [0.1, 0.15) is 21.5 Å². The molecule has 0 aromatic heterocycles. The van der Waals surface area contributed by atoms with Crippen molar-refractivity contribution >= 4 is 18.0 Å². The monoisotopic (exact) mass is 325 g/mol. The van der Waals surface area contributed by atoms with E-state index in [1.54, 1.807) is 37.4 Å². The summed E-state index contributed by atoms with van der Waals surface area (Å²) in [5.74, 6) is 0.0452. The van der Waals surface area contributed by atoms with Gasteiger partial charge in [0, 0.05) is 5.56 Å². The Hall–Kier alpha value is -3.15. The van der Waals surface area contributed by atoms with Crippen LogP contribution in [0.3, 0.4) is 0 Å². The van der Waals surface area contributed by atoms with Gasteiger partial charge in [-0.15, -0.1) is 0 Å². The van der Waals surface area contributed by atoms with Gasteiger partial charge < -0.3 is 10.1 Å². The average molecular weight is 325 g/mol. The largest absolute Gasteiger partial charge is 0.497 e. The van der Waals surface area contributed by atoms with Crippen molar-refractivity contribution in [1.82, 2.24) is 10.7 Å². The van der Waals surface area contributed by atoms with Gasteiger partial charge in [-0.3, -0.25) is 9.59 Å². The van der Waals surface area contributed by atoms with Crippen LogP contribution in [0.15, 0.2) is 53.6 Å². The summed E-state index contributed by atoms with van der Waals surface area (Å²) in [5.41, 5.74) is 4.68. The number of ether oxygens (including phenoxy) is 1. The Balaban J connectivity index is 1.78. The molecule has 0 saturated carbocycles. The molecule has 24 heavy (non-hydrogen) atoms. The highest BCUT2D eigenvalue weighted by atomic mass is 16.5. The molecule has 0 heterocycles. The molecule has 0 aliphatic rings. The molecule has 0 aliphatic carbocycles. The predicted molar refractivity (Wildman–Crippen MR) is 92.2 cm³/mol. The van der Waals surface area contributed by atoms with Crippen molar-refractivity contribution < 1.29 is 14.3 Å². The molecule has 0 atom stereocenters. The first-order valence-corrected chi connectivity index (χ1v) is 7.39. The molecule has 0 fully saturated rings. The Morgan fingerprint density at radius 1 is 1.17 bits per heavy atom. The third-order valence-electron chi connectivity index (χ3n) is 3.21. The maximum absolute atomic E-state index is 11.9. The molecule has 6 nitrogen and oxygen atoms in total. The molecule has 0 unspecified atom stereocenters. The molecule has 2 N–H and O–H groups in total. The summed E-state index contributed by atoms with van der Waals surface area (Å²) in [6.07, 6.45) is 1.51. The third kappa shape index (κ3) is 5.24. The Kier molecular flexibility index (Phi) is 6.08. The number of benzene rings is 2. The van der Waals surface area contributed by atoms with Gasteiger partial charge in [-0.25, -0.2) is 5.43 Å². The molecule has 2 aromatic carbocycles. The fraction of sp³-hybridized carbons (Fsp3) is 0.167. The Morgan fingerprint density at radius 2 is 1.92 bits per heavy atom. The van der Waals surface area contributed by atoms with Gasteiger partial charge in [0.25, 0.3) is 11.8 Å². The lowest BCUT2D eigenvalue weighted by Crippen LogP contribution is -2.34. The zero-order valence-electron chi connectivity index (χ0n) is 13.6. The van der Waals surface area contributed by atoms with Gasteiger partial charge in [0.05, 0.1) is 19.9 Å². The van der Waals surface area contributed by atoms with Crippen LogP contribution in [0.5, 0.6) is 5.75 Å². The molecular formula is C18H19N3O3. The van der Waals surface area contributed by atoms with Gasteiger partial charge in [-0.2, -0.15) is 5.10 Å². The lowest BCUT2D eigenvalue weighted by molar-refractivity contribution is -0.120. The second kappa shape index (κ2) is 8.47. The number of rotatable bonds is 6. The number of nitrogens with one attached hydrogen (secondary N) is 2. The van der Waals surface area contributed by atoms with Crippen molar-refractivity contribution in [2.75, 3.05) is 13.7 Å². The second-order valence-electron chi connectivity index (χ2n) is 5.12. The molecular weight excluding hydrogens is 306 g/mol. The van der Waals surface area contributed by atoms with Crippen molar-refractivity contribution in [2.45, 2.75) is 6.92 Å². The van der Waals surface area contributed by atoms with E-state index in [0.717, 1.165) is 16.9 Å². The number of aryl methyl sites for hydroxylation is 1. The van der Waals surface area contributed by atoms with E-state index in [1.165, 1.54) is 6.21 Å². The summed E-state index contributed by atoms with van der Waals surface area (Å²) in [6, 6.07) is 14.4. The van der Waals surface area contributed by atoms with E-state index < -0.39 is 5.91 Å². The Morgan fingerprint density at radius 3 is 2.58 bits per heavy atom. The van der Waals surface area contributed by atoms with E-state index in [4.69, 9.17) is 4.74 Å². The molecule has 2 aromatic rings. The normalized spacial score (nSPS) is 10.4. The van der Waals surface area contributed by atoms with E-state index in [0.29, 0.717) is 5.56 Å². The number of hydrogen-bond donors (Lipinski definition) is 2. The summed E-state index contributed by atoms with van der Waals surface area (Å²) >= 11 is 0. The fourth-order valence-corrected chi connectivity index (χ4v) is 1.96. The van der Waals surface area contributed by atoms with Crippen LogP contribution >= 0.6 is 0 Å². The van der Waals surface area contributed by atoms with E-state index in [9.17, 15) is 9.59 Å². The van der Waals surface area contributed by atoms with Crippen LogP contribution in [-0.4, -0.2) is 31.7 Å². The van der Waals surface area contributed by atoms with Gasteiger partial charge in [0.1, 0.15) is 5.75 Å². The molecule has 0 spiro atoms. The zero-order valence-corrected chi connectivity index (χ0v) is 13.6. The first-order chi connectivity index (χ1) is 11.6. The first-order valence-electron chi connectivity index (χ1n) is 7.39. The zero-order chi connectivity index (χ0) is 17.4. The van der Waals surface area contributed by atoms with Gasteiger partial charge in [0.15, 0.2) is 0 Å². The van der Waals surface area contributed by atoms with Crippen LogP contribution in [0.2, 0.25) is 0 Å². The first kappa shape index (κ1) is 17.2. The number of hydrogen-bond acceptors (Lipinski definition) is 4. The molecule has 0 saturated heterocycles. The quantitative estimate of drug-likeness (QED) is 0.629. The van der Waals surface area contributed by atoms with Crippen molar-refractivity contribution in [3.63, 3.8) is 0 Å². The van der Waals surface area contributed by atoms with Gasteiger partial charge >= 0.3 is 0 Å². The number of carbonyl (C=O) groups is 2. The molecule has 6 heteroatoms. The van der Waals surface area contributed by atoms with Gasteiger partial charge in [-0.05, 0) is 48.9 Å². The van der Waals surface area contributed by atoms with Crippen molar-refractivity contribution in [3.8, 4) is 5.75 Å². The minimum absolute atomic E-state index is 0.146. The lowest BCUT2D eigenvalue weighted by atomic mass is 10.1. The highest BCUT2D eigenvalue weighted by Gasteiger charge is 2.07. The summed E-state index contributed by atoms with van der Waals surface area (Å²) < 4.78 is 5.06. The maximum atomic E-state index is 11.9. The molecule has 124 valence electrons. The Labute approximate surface area is 140 Å². The molecule has 0 bridgehead atoms. The van der Waals surface area contributed by atoms with E-state index in [-0.39, 0.29) is 12.5 Å². The number of nitrogens with zero attached hydrogens (tertiary/aromatic N) is 1. The van der Waals surface area contributed by atoms with Crippen LogP contribution < -0.4 is 15.5 Å². The van der Waals surface area contributed by atoms with Crippen LogP contribution in [-0.2, 0) is 4.79 Å². The predicted octanol–water partition coefficient (Wildman–Crippen LogP) is 1.88. The van der Waals surface area contributed by atoms with Crippen LogP contribution in [0.4, 0.5) is 0 Å². The Bertz CT molecular complexity index is 739. The molecule has 2 rings (SSSR count). The third-order valence-corrected chi connectivity index (χ3v) is 3.21. The highest BCUT2D eigenvalue weighted by molar-refractivity contribution is 5.96. The summed E-state index contributed by atoms with van der Waals surface area (Å²) in [4.78, 5) is 23.6. The number of amides is 2. The smallest absolute Gasteiger partial charge is 0.259 e. The van der Waals surface area contributed by atoms with E-state index in [1.807, 2.05) is 25.1 Å². The second-order valence-corrected chi connectivity index (χ2v) is 5.12. The van der Waals surface area contributed by atoms with Crippen LogP contribution in [0.25, 0.3) is 0 Å². The number of methoxy groups -OCH3 is 1. The van der Waals surface area contributed by atoms with Crippen molar-refractivity contribution in [1.29, 1.82) is 0 Å². The van der Waals surface area contributed by atoms with Crippen molar-refractivity contribution in [3.05, 3.63) is 65.2 Å². The standard InChI is InChI=1S/C18H19N3O3/c1-13-4-3-5-15(10-13)18(23)19-12-17(22)21-20-11-14-6-8-16(24-2)9-7-14/h3-11H,12H2,1-2H3,(H,19,23)(H,21,22). The summed E-state index contributed by atoms with van der Waals surface area (Å²) in [6.45, 7) is 1.75. The molecule has 0 radical (unpaired) electrons. The number of hydrazone groups is 1. The lowest BCUT2D eigenvalue weighted by Gasteiger charge is -2.05. The maximum Gasteiger partial charge on any atom is 0.259 e. The fourth-order valence-electron chi connectivity index (χ4n) is 1.96. The van der Waals surface area contributed by atoms with Gasteiger partial charge in [0.2, 0.25) is 0 Å². The minimum atomic E-state index is -0.402. The number of carbonyl (C=O) groups excluding carboxylic acids is 2. The SMILES string of the molecule is COc1ccc(C=NNC(=O)CNC(=O)c2cccc(C)c2)cc1. The minimum Gasteiger partial charge on any atom is -0.497 e. The van der Waals surface area contributed by atoms with Crippen molar-refractivity contribution in [2.24, 2.45) is 5.10 Å². The highest BCUT2D eigenvalue weighted by Crippen LogP contribution is 2.09. The summed E-state index contributed by atoms with van der Waals surface area (Å²) in [5, 5.41) is 6.39. The molecule has 0 aliphatic heterocycles. The van der Waals surface area contributed by atoms with Gasteiger partial charge in [-0.1, -0.05) is 17.7 Å². The van der Waals surface area contributed by atoms with Crippen LogP contribution in [0, 0.1) is 6.92 Å².